The van der Waals surface area contributed by atoms with E-state index in [0.717, 1.165) is 18.2 Å². The molecule has 1 amide bonds. The predicted molar refractivity (Wildman–Crippen MR) is 132 cm³/mol. The number of nitrogens with zero attached hydrogens (tertiary/aromatic N) is 2. The lowest BCUT2D eigenvalue weighted by atomic mass is 10.0. The van der Waals surface area contributed by atoms with Crippen LogP contribution >= 0.6 is 0 Å². The monoisotopic (exact) mass is 631 g/mol. The molecule has 1 heterocycles. The van der Waals surface area contributed by atoms with E-state index >= 15 is 0 Å². The van der Waals surface area contributed by atoms with E-state index in [0.29, 0.717) is 57.0 Å². The standard InChI is InChI=1S/C26H26F9N3O3S/c27-24(28,29)17-2-1-3-22(15-17)42(40,41)38(20-4-5-20)21-6-9-37(10-7-21)11-8-36-23(39)16-12-18(25(30,31)32)14-19(13-16)26(33,34)35/h1-3,12-15,20-21H,4-11H2,(H,36,39). The summed E-state index contributed by atoms with van der Waals surface area (Å²) in [7, 11) is -4.23. The predicted octanol–water partition coefficient (Wildman–Crippen LogP) is 5.79. The van der Waals surface area contributed by atoms with E-state index in [2.05, 4.69) is 5.32 Å². The Hall–Kier alpha value is -2.85. The molecule has 0 aromatic heterocycles. The zero-order valence-corrected chi connectivity index (χ0v) is 22.6. The van der Waals surface area contributed by atoms with Gasteiger partial charge in [0, 0.05) is 30.7 Å². The molecule has 0 bridgehead atoms. The minimum atomic E-state index is -5.09. The lowest BCUT2D eigenvalue weighted by Crippen LogP contribution is -2.49. The molecule has 1 saturated carbocycles. The molecule has 232 valence electrons. The molecular formula is C26H26F9N3O3S. The van der Waals surface area contributed by atoms with Crippen LogP contribution in [0.2, 0.25) is 0 Å². The Morgan fingerprint density at radius 1 is 0.786 bits per heavy atom. The summed E-state index contributed by atoms with van der Waals surface area (Å²) < 4.78 is 146. The van der Waals surface area contributed by atoms with E-state index in [1.807, 2.05) is 4.90 Å². The van der Waals surface area contributed by atoms with Crippen LogP contribution in [-0.4, -0.2) is 61.8 Å². The van der Waals surface area contributed by atoms with Crippen LogP contribution in [0.25, 0.3) is 0 Å². The summed E-state index contributed by atoms with van der Waals surface area (Å²) in [5, 5.41) is 2.32. The number of hydrogen-bond donors (Lipinski definition) is 1. The van der Waals surface area contributed by atoms with Gasteiger partial charge in [-0.3, -0.25) is 4.79 Å². The van der Waals surface area contributed by atoms with Gasteiger partial charge in [0.2, 0.25) is 10.0 Å². The number of carbonyl (C=O) groups is 1. The number of alkyl halides is 9. The number of piperidine rings is 1. The quantitative estimate of drug-likeness (QED) is 0.375. The van der Waals surface area contributed by atoms with Crippen LogP contribution in [0.1, 0.15) is 52.7 Å². The molecule has 42 heavy (non-hydrogen) atoms. The van der Waals surface area contributed by atoms with Crippen molar-refractivity contribution in [1.82, 2.24) is 14.5 Å². The van der Waals surface area contributed by atoms with Gasteiger partial charge in [0.15, 0.2) is 0 Å². The third-order valence-corrected chi connectivity index (χ3v) is 9.12. The van der Waals surface area contributed by atoms with Gasteiger partial charge >= 0.3 is 18.5 Å². The molecule has 1 N–H and O–H groups in total. The normalized spacial score (nSPS) is 18.0. The summed E-state index contributed by atoms with van der Waals surface area (Å²) in [5.74, 6) is -1.12. The summed E-state index contributed by atoms with van der Waals surface area (Å²) in [6, 6.07) is 3.38. The Labute approximate surface area is 235 Å². The maximum Gasteiger partial charge on any atom is 0.416 e. The highest BCUT2D eigenvalue weighted by Gasteiger charge is 2.44. The fraction of sp³-hybridized carbons (Fsp3) is 0.500. The summed E-state index contributed by atoms with van der Waals surface area (Å²) in [6.45, 7) is 0.788. The van der Waals surface area contributed by atoms with Gasteiger partial charge in [-0.15, -0.1) is 0 Å². The molecule has 4 rings (SSSR count). The van der Waals surface area contributed by atoms with Gasteiger partial charge in [0.25, 0.3) is 5.91 Å². The van der Waals surface area contributed by atoms with E-state index in [1.165, 1.54) is 4.31 Å². The van der Waals surface area contributed by atoms with Gasteiger partial charge in [0.1, 0.15) is 0 Å². The molecule has 16 heteroatoms. The second kappa shape index (κ2) is 11.7. The lowest BCUT2D eigenvalue weighted by molar-refractivity contribution is -0.143. The summed E-state index contributed by atoms with van der Waals surface area (Å²) in [6.07, 6.45) is -13.1. The highest BCUT2D eigenvalue weighted by molar-refractivity contribution is 7.89. The molecule has 0 atom stereocenters. The van der Waals surface area contributed by atoms with Crippen molar-refractivity contribution in [2.75, 3.05) is 26.2 Å². The zero-order chi connectivity index (χ0) is 31.1. The molecule has 0 radical (unpaired) electrons. The number of hydrogen-bond acceptors (Lipinski definition) is 4. The van der Waals surface area contributed by atoms with Crippen LogP contribution in [0.4, 0.5) is 39.5 Å². The topological polar surface area (TPSA) is 69.7 Å². The average molecular weight is 632 g/mol. The summed E-state index contributed by atoms with van der Waals surface area (Å²) in [5.41, 5.74) is -5.08. The van der Waals surface area contributed by atoms with Crippen molar-refractivity contribution in [3.63, 3.8) is 0 Å². The summed E-state index contributed by atoms with van der Waals surface area (Å²) in [4.78, 5) is 13.8. The SMILES string of the molecule is O=C(NCCN1CCC(N(C2CC2)S(=O)(=O)c2cccc(C(F)(F)F)c2)CC1)c1cc(C(F)(F)F)cc(C(F)(F)F)c1. The molecule has 2 aromatic carbocycles. The Bertz CT molecular complexity index is 1360. The van der Waals surface area contributed by atoms with Crippen LogP contribution in [0, 0.1) is 0 Å². The van der Waals surface area contributed by atoms with Gasteiger partial charge in [-0.1, -0.05) is 6.07 Å². The van der Waals surface area contributed by atoms with E-state index in [1.54, 1.807) is 0 Å². The van der Waals surface area contributed by atoms with Crippen LogP contribution in [0.5, 0.6) is 0 Å². The van der Waals surface area contributed by atoms with Crippen molar-refractivity contribution in [3.8, 4) is 0 Å². The molecule has 0 unspecified atom stereocenters. The van der Waals surface area contributed by atoms with E-state index in [9.17, 15) is 52.7 Å². The number of rotatable bonds is 8. The second-order valence-electron chi connectivity index (χ2n) is 10.2. The number of amides is 1. The first-order valence-electron chi connectivity index (χ1n) is 12.9. The number of sulfonamides is 1. The van der Waals surface area contributed by atoms with Crippen LogP contribution in [0.15, 0.2) is 47.4 Å². The van der Waals surface area contributed by atoms with Crippen molar-refractivity contribution in [2.24, 2.45) is 0 Å². The number of carbonyl (C=O) groups excluding carboxylic acids is 1. The lowest BCUT2D eigenvalue weighted by Gasteiger charge is -2.38. The third-order valence-electron chi connectivity index (χ3n) is 7.12. The smallest absolute Gasteiger partial charge is 0.351 e. The van der Waals surface area contributed by atoms with Crippen LogP contribution < -0.4 is 5.32 Å². The first-order valence-corrected chi connectivity index (χ1v) is 14.3. The van der Waals surface area contributed by atoms with Gasteiger partial charge in [-0.05, 0) is 75.2 Å². The van der Waals surface area contributed by atoms with Crippen molar-refractivity contribution in [1.29, 1.82) is 0 Å². The van der Waals surface area contributed by atoms with Crippen molar-refractivity contribution < 1.29 is 52.7 Å². The maximum atomic E-state index is 13.4. The fourth-order valence-electron chi connectivity index (χ4n) is 4.89. The molecule has 0 spiro atoms. The first kappa shape index (κ1) is 32.1. The number of benzene rings is 2. The minimum Gasteiger partial charge on any atom is -0.351 e. The minimum absolute atomic E-state index is 0.0704. The molecule has 6 nitrogen and oxygen atoms in total. The highest BCUT2D eigenvalue weighted by atomic mass is 32.2. The first-order chi connectivity index (χ1) is 19.4. The molecule has 1 aliphatic heterocycles. The molecule has 1 aliphatic carbocycles. The van der Waals surface area contributed by atoms with Crippen LogP contribution in [0.3, 0.4) is 0 Å². The maximum absolute atomic E-state index is 13.4. The number of likely N-dealkylation sites (tertiary alicyclic amines) is 1. The largest absolute Gasteiger partial charge is 0.416 e. The zero-order valence-electron chi connectivity index (χ0n) is 21.8. The van der Waals surface area contributed by atoms with Gasteiger partial charge < -0.3 is 10.2 Å². The summed E-state index contributed by atoms with van der Waals surface area (Å²) >= 11 is 0. The molecule has 2 fully saturated rings. The molecular weight excluding hydrogens is 605 g/mol. The Balaban J connectivity index is 1.36. The van der Waals surface area contributed by atoms with Crippen molar-refractivity contribution in [2.45, 2.75) is 61.2 Å². The molecule has 2 aromatic rings. The Morgan fingerprint density at radius 2 is 1.31 bits per heavy atom. The fourth-order valence-corrected chi connectivity index (χ4v) is 6.86. The number of nitrogens with one attached hydrogen (secondary N) is 1. The van der Waals surface area contributed by atoms with E-state index in [4.69, 9.17) is 0 Å². The Morgan fingerprint density at radius 3 is 1.81 bits per heavy atom. The van der Waals surface area contributed by atoms with Crippen LogP contribution in [-0.2, 0) is 28.6 Å². The van der Waals surface area contributed by atoms with Gasteiger partial charge in [0.05, 0.1) is 21.6 Å². The van der Waals surface area contributed by atoms with Crippen molar-refractivity contribution >= 4 is 15.9 Å². The van der Waals surface area contributed by atoms with E-state index < -0.39 is 67.7 Å². The second-order valence-corrected chi connectivity index (χ2v) is 12.1. The highest BCUT2D eigenvalue weighted by Crippen LogP contribution is 2.39. The van der Waals surface area contributed by atoms with E-state index in [-0.39, 0.29) is 25.2 Å². The van der Waals surface area contributed by atoms with Gasteiger partial charge in [-0.2, -0.15) is 43.8 Å². The Kier molecular flexibility index (Phi) is 8.92. The molecule has 1 saturated heterocycles. The molecule has 2 aliphatic rings. The van der Waals surface area contributed by atoms with Gasteiger partial charge in [-0.25, -0.2) is 8.42 Å². The number of halogens is 9. The third kappa shape index (κ3) is 7.56. The van der Waals surface area contributed by atoms with Crippen molar-refractivity contribution in [3.05, 3.63) is 64.7 Å². The average Bonchev–Trinajstić information content (AvgIpc) is 3.73.